The van der Waals surface area contributed by atoms with E-state index in [1.54, 1.807) is 0 Å². The van der Waals surface area contributed by atoms with Crippen molar-refractivity contribution in [3.05, 3.63) is 15.8 Å². The van der Waals surface area contributed by atoms with Crippen molar-refractivity contribution in [1.29, 1.82) is 0 Å². The molecule has 0 aliphatic heterocycles. The van der Waals surface area contributed by atoms with Gasteiger partial charge < -0.3 is 10.4 Å². The monoisotopic (exact) mass is 235 g/mol. The number of anilines is 1. The number of carboxylic acid groups (broad SMARTS) is 1. The smallest absolute Gasteiger partial charge is 0.348 e. The van der Waals surface area contributed by atoms with E-state index in [9.17, 15) is 18.4 Å². The van der Waals surface area contributed by atoms with Gasteiger partial charge in [0.2, 0.25) is 0 Å². The van der Waals surface area contributed by atoms with E-state index < -0.39 is 18.3 Å². The van der Waals surface area contributed by atoms with Gasteiger partial charge in [-0.25, -0.2) is 4.79 Å². The van der Waals surface area contributed by atoms with Crippen LogP contribution in [-0.4, -0.2) is 23.4 Å². The van der Waals surface area contributed by atoms with Crippen LogP contribution >= 0.6 is 11.3 Å². The molecular formula is C8H7F2NO3S. The molecule has 0 aliphatic rings. The summed E-state index contributed by atoms with van der Waals surface area (Å²) in [7, 11) is 0. The quantitative estimate of drug-likeness (QED) is 0.841. The lowest BCUT2D eigenvalue weighted by Crippen LogP contribution is -2.21. The Balaban J connectivity index is 2.98. The highest BCUT2D eigenvalue weighted by Gasteiger charge is 2.21. The molecule has 0 atom stereocenters. The van der Waals surface area contributed by atoms with E-state index in [4.69, 9.17) is 5.11 Å². The zero-order chi connectivity index (χ0) is 11.6. The molecule has 4 nitrogen and oxygen atoms in total. The van der Waals surface area contributed by atoms with Crippen LogP contribution in [0.1, 0.15) is 15.2 Å². The largest absolute Gasteiger partial charge is 0.477 e. The summed E-state index contributed by atoms with van der Waals surface area (Å²) in [6, 6.07) is 0. The lowest BCUT2D eigenvalue weighted by atomic mass is 10.2. The molecule has 0 unspecified atom stereocenters. The predicted molar refractivity (Wildman–Crippen MR) is 50.6 cm³/mol. The Morgan fingerprint density at radius 3 is 2.60 bits per heavy atom. The van der Waals surface area contributed by atoms with Crippen LogP contribution in [0.25, 0.3) is 0 Å². The first kappa shape index (κ1) is 11.6. The van der Waals surface area contributed by atoms with E-state index in [-0.39, 0.29) is 10.6 Å². The number of aryl methyl sites for hydroxylation is 1. The minimum atomic E-state index is -3.16. The maximum Gasteiger partial charge on any atom is 0.348 e. The number of carbonyl (C=O) groups is 2. The highest BCUT2D eigenvalue weighted by molar-refractivity contribution is 7.12. The number of hydrogen-bond acceptors (Lipinski definition) is 3. The lowest BCUT2D eigenvalue weighted by Gasteiger charge is -2.04. The molecule has 7 heteroatoms. The van der Waals surface area contributed by atoms with Crippen molar-refractivity contribution in [2.75, 3.05) is 5.32 Å². The summed E-state index contributed by atoms with van der Waals surface area (Å²) in [6.07, 6.45) is -3.16. The lowest BCUT2D eigenvalue weighted by molar-refractivity contribution is -0.126. The van der Waals surface area contributed by atoms with Crippen molar-refractivity contribution in [2.45, 2.75) is 13.3 Å². The molecule has 1 heterocycles. The standard InChI is InChI=1S/C8H7F2NO3S/c1-3-2-15-5(8(13)14)4(3)11-7(12)6(9)10/h2,6H,1H3,(H,11,12)(H,13,14). The Morgan fingerprint density at radius 2 is 2.13 bits per heavy atom. The van der Waals surface area contributed by atoms with Gasteiger partial charge in [0, 0.05) is 0 Å². The van der Waals surface area contributed by atoms with E-state index in [1.165, 1.54) is 12.3 Å². The van der Waals surface area contributed by atoms with Gasteiger partial charge in [-0.2, -0.15) is 8.78 Å². The molecule has 0 saturated heterocycles. The summed E-state index contributed by atoms with van der Waals surface area (Å²) in [6.45, 7) is 1.53. The molecule has 15 heavy (non-hydrogen) atoms. The molecule has 1 rings (SSSR count). The Bertz CT molecular complexity index is 403. The number of carboxylic acids is 1. The molecule has 0 fully saturated rings. The molecule has 82 valence electrons. The van der Waals surface area contributed by atoms with Crippen molar-refractivity contribution < 1.29 is 23.5 Å². The van der Waals surface area contributed by atoms with E-state index in [0.29, 0.717) is 5.56 Å². The van der Waals surface area contributed by atoms with Crippen LogP contribution in [0.2, 0.25) is 0 Å². The summed E-state index contributed by atoms with van der Waals surface area (Å²) in [5, 5.41) is 12.1. The third-order valence-corrected chi connectivity index (χ3v) is 2.70. The molecule has 1 aromatic rings. The maximum absolute atomic E-state index is 11.9. The minimum Gasteiger partial charge on any atom is -0.477 e. The van der Waals surface area contributed by atoms with Gasteiger partial charge in [-0.15, -0.1) is 11.3 Å². The average Bonchev–Trinajstić information content (AvgIpc) is 2.48. The Kier molecular flexibility index (Phi) is 3.35. The summed E-state index contributed by atoms with van der Waals surface area (Å²) in [4.78, 5) is 21.2. The first-order valence-corrected chi connectivity index (χ1v) is 4.72. The molecular weight excluding hydrogens is 228 g/mol. The summed E-state index contributed by atoms with van der Waals surface area (Å²) < 4.78 is 23.9. The first-order valence-electron chi connectivity index (χ1n) is 3.84. The van der Waals surface area contributed by atoms with E-state index in [2.05, 4.69) is 0 Å². The van der Waals surface area contributed by atoms with Gasteiger partial charge in [0.15, 0.2) is 0 Å². The Morgan fingerprint density at radius 1 is 1.53 bits per heavy atom. The van der Waals surface area contributed by atoms with Crippen molar-refractivity contribution in [2.24, 2.45) is 0 Å². The number of amides is 1. The number of carbonyl (C=O) groups excluding carboxylic acids is 1. The topological polar surface area (TPSA) is 66.4 Å². The van der Waals surface area contributed by atoms with Gasteiger partial charge in [0.1, 0.15) is 4.88 Å². The van der Waals surface area contributed by atoms with E-state index in [1.807, 2.05) is 5.32 Å². The highest BCUT2D eigenvalue weighted by atomic mass is 32.1. The molecule has 0 bridgehead atoms. The van der Waals surface area contributed by atoms with Crippen molar-refractivity contribution in [3.8, 4) is 0 Å². The molecule has 2 N–H and O–H groups in total. The van der Waals surface area contributed by atoms with Crippen LogP contribution in [-0.2, 0) is 4.79 Å². The Labute approximate surface area is 87.5 Å². The normalized spacial score (nSPS) is 10.4. The molecule has 0 aromatic carbocycles. The summed E-state index contributed by atoms with van der Waals surface area (Å²) in [5.74, 6) is -2.75. The molecule has 0 saturated carbocycles. The summed E-state index contributed by atoms with van der Waals surface area (Å²) in [5.41, 5.74) is 0.393. The second-order valence-electron chi connectivity index (χ2n) is 2.72. The van der Waals surface area contributed by atoms with Crippen LogP contribution in [0.5, 0.6) is 0 Å². The van der Waals surface area contributed by atoms with Crippen LogP contribution < -0.4 is 5.32 Å². The molecule has 0 spiro atoms. The fourth-order valence-corrected chi connectivity index (χ4v) is 1.78. The zero-order valence-corrected chi connectivity index (χ0v) is 8.40. The molecule has 0 aliphatic carbocycles. The van der Waals surface area contributed by atoms with Crippen LogP contribution in [0.15, 0.2) is 5.38 Å². The van der Waals surface area contributed by atoms with Gasteiger partial charge in [0.05, 0.1) is 5.69 Å². The number of halogens is 2. The average molecular weight is 235 g/mol. The molecule has 1 aromatic heterocycles. The maximum atomic E-state index is 11.9. The second-order valence-corrected chi connectivity index (χ2v) is 3.60. The molecule has 0 radical (unpaired) electrons. The fraction of sp³-hybridized carbons (Fsp3) is 0.250. The van der Waals surface area contributed by atoms with E-state index >= 15 is 0 Å². The highest BCUT2D eigenvalue weighted by Crippen LogP contribution is 2.27. The van der Waals surface area contributed by atoms with Crippen molar-refractivity contribution in [1.82, 2.24) is 0 Å². The Hall–Kier alpha value is -1.50. The van der Waals surface area contributed by atoms with Gasteiger partial charge in [-0.3, -0.25) is 4.79 Å². The van der Waals surface area contributed by atoms with Crippen LogP contribution in [0, 0.1) is 6.92 Å². The number of thiophene rings is 1. The van der Waals surface area contributed by atoms with Gasteiger partial charge in [-0.05, 0) is 17.9 Å². The second kappa shape index (κ2) is 4.35. The van der Waals surface area contributed by atoms with Gasteiger partial charge in [-0.1, -0.05) is 0 Å². The zero-order valence-electron chi connectivity index (χ0n) is 7.58. The van der Waals surface area contributed by atoms with Crippen LogP contribution in [0.3, 0.4) is 0 Å². The third-order valence-electron chi connectivity index (χ3n) is 1.62. The van der Waals surface area contributed by atoms with Crippen molar-refractivity contribution >= 4 is 28.9 Å². The SMILES string of the molecule is Cc1csc(C(=O)O)c1NC(=O)C(F)F. The van der Waals surface area contributed by atoms with Crippen molar-refractivity contribution in [3.63, 3.8) is 0 Å². The van der Waals surface area contributed by atoms with Gasteiger partial charge in [0.25, 0.3) is 5.91 Å². The predicted octanol–water partition coefficient (Wildman–Crippen LogP) is 1.96. The minimum absolute atomic E-state index is 0.0576. The molecule has 1 amide bonds. The number of hydrogen-bond donors (Lipinski definition) is 2. The number of aromatic carboxylic acids is 1. The fourth-order valence-electron chi connectivity index (χ4n) is 0.935. The number of nitrogens with one attached hydrogen (secondary N) is 1. The van der Waals surface area contributed by atoms with Crippen LogP contribution in [0.4, 0.5) is 14.5 Å². The number of alkyl halides is 2. The van der Waals surface area contributed by atoms with E-state index in [0.717, 1.165) is 11.3 Å². The first-order chi connectivity index (χ1) is 6.93. The third kappa shape index (κ3) is 2.50. The summed E-state index contributed by atoms with van der Waals surface area (Å²) >= 11 is 0.879. The van der Waals surface area contributed by atoms with Gasteiger partial charge >= 0.3 is 12.4 Å². The number of rotatable bonds is 3.